The predicted molar refractivity (Wildman–Crippen MR) is 136 cm³/mol. The minimum Gasteiger partial charge on any atom is -0.477 e. The number of nitrogens with one attached hydrogen (secondary N) is 1. The summed E-state index contributed by atoms with van der Waals surface area (Å²) in [7, 11) is 0. The molecule has 0 unspecified atom stereocenters. The van der Waals surface area contributed by atoms with E-state index in [1.165, 1.54) is 17.0 Å². The molecule has 0 fully saturated rings. The van der Waals surface area contributed by atoms with Crippen molar-refractivity contribution < 1.29 is 19.2 Å². The molecule has 11 nitrogen and oxygen atoms in total. The maximum Gasteiger partial charge on any atom is 0.347 e. The molecule has 3 aromatic heterocycles. The number of carboxylic acid groups (broad SMARTS) is 1. The number of nitrogens with zero attached hydrogens (tertiary/aromatic N) is 5. The molecule has 0 amide bonds. The van der Waals surface area contributed by atoms with Crippen LogP contribution in [0.25, 0.3) is 11.5 Å². The summed E-state index contributed by atoms with van der Waals surface area (Å²) in [6.45, 7) is 1.87. The Morgan fingerprint density at radius 3 is 2.54 bits per heavy atom. The zero-order valence-electron chi connectivity index (χ0n) is 19.1. The molecule has 0 aliphatic heterocycles. The van der Waals surface area contributed by atoms with E-state index in [1.807, 2.05) is 12.1 Å². The van der Waals surface area contributed by atoms with Gasteiger partial charge in [-0.1, -0.05) is 40.2 Å². The lowest BCUT2D eigenvalue weighted by molar-refractivity contribution is 0.0702. The van der Waals surface area contributed by atoms with Crippen LogP contribution < -0.4 is 15.6 Å². The standard InChI is InChI=1S/C24H17ClN6O5S/c1-13-28-20(36-30-13)18-10-26-23(31(21(18)32)12-14-2-4-15(25)5-3-14)29-16-6-8-17(9-7-16)35-24-27-11-19(37-24)22(33)34/h2-11H,12H2,1H3,(H,26,29)(H,33,34). The number of rotatable bonds is 8. The number of hydrogen-bond acceptors (Lipinski definition) is 10. The molecule has 13 heteroatoms. The van der Waals surface area contributed by atoms with E-state index in [2.05, 4.69) is 25.4 Å². The Labute approximate surface area is 218 Å². The highest BCUT2D eigenvalue weighted by molar-refractivity contribution is 7.15. The van der Waals surface area contributed by atoms with Gasteiger partial charge in [0.1, 0.15) is 16.2 Å². The second kappa shape index (κ2) is 10.2. The molecule has 0 aliphatic rings. The third-order valence-electron chi connectivity index (χ3n) is 5.07. The van der Waals surface area contributed by atoms with E-state index in [4.69, 9.17) is 26.0 Å². The second-order valence-corrected chi connectivity index (χ2v) is 9.14. The van der Waals surface area contributed by atoms with Gasteiger partial charge >= 0.3 is 5.97 Å². The van der Waals surface area contributed by atoms with Crippen LogP contribution in [0.5, 0.6) is 10.9 Å². The number of anilines is 2. The SMILES string of the molecule is Cc1noc(-c2cnc(Nc3ccc(Oc4ncc(C(=O)O)s4)cc3)n(Cc3ccc(Cl)cc3)c2=O)n1. The van der Waals surface area contributed by atoms with Crippen LogP contribution in [0.3, 0.4) is 0 Å². The van der Waals surface area contributed by atoms with Crippen molar-refractivity contribution >= 4 is 40.5 Å². The van der Waals surface area contributed by atoms with Crippen molar-refractivity contribution in [3.05, 3.63) is 92.6 Å². The van der Waals surface area contributed by atoms with Crippen LogP contribution in [-0.2, 0) is 6.54 Å². The predicted octanol–water partition coefficient (Wildman–Crippen LogP) is 4.99. The van der Waals surface area contributed by atoms with Crippen molar-refractivity contribution in [2.24, 2.45) is 0 Å². The molecule has 37 heavy (non-hydrogen) atoms. The molecule has 2 aromatic carbocycles. The van der Waals surface area contributed by atoms with Gasteiger partial charge in [0.25, 0.3) is 16.6 Å². The summed E-state index contributed by atoms with van der Waals surface area (Å²) in [6.07, 6.45) is 2.62. The van der Waals surface area contributed by atoms with Crippen LogP contribution in [0, 0.1) is 6.92 Å². The summed E-state index contributed by atoms with van der Waals surface area (Å²) in [5.41, 5.74) is 1.28. The maximum absolute atomic E-state index is 13.4. The van der Waals surface area contributed by atoms with Gasteiger partial charge in [-0.25, -0.2) is 14.8 Å². The van der Waals surface area contributed by atoms with Crippen molar-refractivity contribution in [2.75, 3.05) is 5.32 Å². The topological polar surface area (TPSA) is 145 Å². The van der Waals surface area contributed by atoms with Crippen molar-refractivity contribution in [2.45, 2.75) is 13.5 Å². The molecule has 0 bridgehead atoms. The first-order chi connectivity index (χ1) is 17.9. The monoisotopic (exact) mass is 536 g/mol. The van der Waals surface area contributed by atoms with E-state index in [9.17, 15) is 9.59 Å². The average Bonchev–Trinajstić information content (AvgIpc) is 3.53. The van der Waals surface area contributed by atoms with Gasteiger partial charge < -0.3 is 19.7 Å². The highest BCUT2D eigenvalue weighted by atomic mass is 35.5. The summed E-state index contributed by atoms with van der Waals surface area (Å²) in [4.78, 5) is 37.1. The van der Waals surface area contributed by atoms with E-state index in [0.29, 0.717) is 28.2 Å². The summed E-state index contributed by atoms with van der Waals surface area (Å²) in [5.74, 6) is 0.177. The molecule has 186 valence electrons. The first-order valence-electron chi connectivity index (χ1n) is 10.7. The van der Waals surface area contributed by atoms with E-state index in [-0.39, 0.29) is 33.6 Å². The summed E-state index contributed by atoms with van der Waals surface area (Å²) >= 11 is 6.94. The molecule has 3 heterocycles. The van der Waals surface area contributed by atoms with Gasteiger partial charge in [-0.15, -0.1) is 0 Å². The number of hydrogen-bond donors (Lipinski definition) is 2. The molecule has 0 saturated carbocycles. The number of thiazole rings is 1. The Morgan fingerprint density at radius 1 is 1.14 bits per heavy atom. The summed E-state index contributed by atoms with van der Waals surface area (Å²) in [6, 6.07) is 14.0. The average molecular weight is 537 g/mol. The Bertz CT molecular complexity index is 1630. The number of carboxylic acids is 1. The lowest BCUT2D eigenvalue weighted by Gasteiger charge is -2.15. The minimum absolute atomic E-state index is 0.0807. The van der Waals surface area contributed by atoms with Gasteiger partial charge in [0, 0.05) is 16.9 Å². The van der Waals surface area contributed by atoms with Crippen LogP contribution in [-0.4, -0.2) is 35.8 Å². The van der Waals surface area contributed by atoms with Crippen LogP contribution in [0.15, 0.2) is 70.2 Å². The Morgan fingerprint density at radius 2 is 1.89 bits per heavy atom. The number of benzene rings is 2. The lowest BCUT2D eigenvalue weighted by Crippen LogP contribution is -2.26. The minimum atomic E-state index is -1.07. The van der Waals surface area contributed by atoms with Crippen LogP contribution in [0.2, 0.25) is 5.02 Å². The first kappa shape index (κ1) is 24.2. The van der Waals surface area contributed by atoms with E-state index in [1.54, 1.807) is 43.3 Å². The molecule has 5 aromatic rings. The molecular weight excluding hydrogens is 520 g/mol. The smallest absolute Gasteiger partial charge is 0.347 e. The summed E-state index contributed by atoms with van der Waals surface area (Å²) in [5, 5.41) is 16.7. The molecule has 0 saturated heterocycles. The zero-order valence-corrected chi connectivity index (χ0v) is 20.7. The fourth-order valence-corrected chi connectivity index (χ4v) is 4.05. The quantitative estimate of drug-likeness (QED) is 0.278. The second-order valence-electron chi connectivity index (χ2n) is 7.71. The van der Waals surface area contributed by atoms with Crippen molar-refractivity contribution in [3.63, 3.8) is 0 Å². The fraction of sp³-hybridized carbons (Fsp3) is 0.0833. The largest absolute Gasteiger partial charge is 0.477 e. The number of aromatic nitrogens is 5. The van der Waals surface area contributed by atoms with Gasteiger partial charge in [-0.3, -0.25) is 9.36 Å². The molecule has 0 atom stereocenters. The molecule has 5 rings (SSSR count). The van der Waals surface area contributed by atoms with E-state index in [0.717, 1.165) is 16.9 Å². The molecule has 0 spiro atoms. The first-order valence-corrected chi connectivity index (χ1v) is 11.9. The zero-order chi connectivity index (χ0) is 25.9. The van der Waals surface area contributed by atoms with Crippen molar-refractivity contribution in [1.82, 2.24) is 24.7 Å². The number of carbonyl (C=O) groups is 1. The Balaban J connectivity index is 1.42. The molecule has 0 aliphatic carbocycles. The fourth-order valence-electron chi connectivity index (χ4n) is 3.30. The van der Waals surface area contributed by atoms with Crippen LogP contribution in [0.4, 0.5) is 11.6 Å². The van der Waals surface area contributed by atoms with Crippen LogP contribution in [0.1, 0.15) is 21.1 Å². The third kappa shape index (κ3) is 5.50. The van der Waals surface area contributed by atoms with Gasteiger partial charge in [-0.2, -0.15) is 4.98 Å². The molecule has 0 radical (unpaired) electrons. The normalized spacial score (nSPS) is 10.9. The highest BCUT2D eigenvalue weighted by Crippen LogP contribution is 2.28. The van der Waals surface area contributed by atoms with Crippen molar-refractivity contribution in [1.29, 1.82) is 0 Å². The summed E-state index contributed by atoms with van der Waals surface area (Å²) < 4.78 is 12.3. The maximum atomic E-state index is 13.4. The third-order valence-corrected chi connectivity index (χ3v) is 6.19. The van der Waals surface area contributed by atoms with Gasteiger partial charge in [0.15, 0.2) is 5.82 Å². The van der Waals surface area contributed by atoms with Gasteiger partial charge in [0.2, 0.25) is 5.95 Å². The van der Waals surface area contributed by atoms with Crippen molar-refractivity contribution in [3.8, 4) is 22.4 Å². The highest BCUT2D eigenvalue weighted by Gasteiger charge is 2.17. The number of ether oxygens (including phenoxy) is 1. The van der Waals surface area contributed by atoms with E-state index < -0.39 is 5.97 Å². The van der Waals surface area contributed by atoms with E-state index >= 15 is 0 Å². The number of aryl methyl sites for hydroxylation is 1. The van der Waals surface area contributed by atoms with Gasteiger partial charge in [0.05, 0.1) is 12.7 Å². The van der Waals surface area contributed by atoms with Gasteiger partial charge in [-0.05, 0) is 48.9 Å². The molecular formula is C24H17ClN6O5S. The Hall–Kier alpha value is -4.55. The molecule has 2 N–H and O–H groups in total. The van der Waals surface area contributed by atoms with Crippen LogP contribution >= 0.6 is 22.9 Å². The number of halogens is 1. The number of aromatic carboxylic acids is 1. The lowest BCUT2D eigenvalue weighted by atomic mass is 10.2. The Kier molecular flexibility index (Phi) is 6.66.